The molecule has 0 saturated heterocycles. The molecule has 0 amide bonds. The summed E-state index contributed by atoms with van der Waals surface area (Å²) in [5.41, 5.74) is 0.746. The number of carbonyl (C=O) groups is 3. The summed E-state index contributed by atoms with van der Waals surface area (Å²) in [6.07, 6.45) is 14.1. The molecule has 5 aliphatic rings. The fraction of sp³-hybridized carbons (Fsp3) is 0.754. The zero-order valence-electron chi connectivity index (χ0n) is 47.7. The van der Waals surface area contributed by atoms with Crippen LogP contribution in [0.25, 0.3) is 0 Å². The van der Waals surface area contributed by atoms with Gasteiger partial charge in [-0.05, 0) is 245 Å². The summed E-state index contributed by atoms with van der Waals surface area (Å²) in [7, 11) is 0. The maximum atomic E-state index is 12.8. The zero-order chi connectivity index (χ0) is 53.7. The molecule has 0 heterocycles. The van der Waals surface area contributed by atoms with Gasteiger partial charge in [-0.3, -0.25) is 14.4 Å². The standard InChI is InChI=1S/C19H32O2.C18H27IO4.C14H26O2.C10H14O/c1-6-18(4,5)17(20)21-19(12(2)3)15-8-13-7-14(10-15)11-16(19)9-13;1-7-18(5,6)17(20)22-12(3)14-9-10-16(15(19)11-14)23-13(4)21-8-2;1-6-13(4,5)12(15)16-14(11(2)3)9-7-8-10-14;1-3-8(2)9-4-6-10(11)7-5-9/h12-16H,6-11H2,1-5H3;9-13H,7-8H2,1-6H3;11H,6-10H2,1-5H3;4-8,11H,3H2,1-2H3. The third kappa shape index (κ3) is 16.6. The van der Waals surface area contributed by atoms with Gasteiger partial charge in [-0.2, -0.15) is 0 Å². The van der Waals surface area contributed by atoms with E-state index in [2.05, 4.69) is 71.1 Å². The van der Waals surface area contributed by atoms with Crippen molar-refractivity contribution < 1.29 is 43.2 Å². The number of phenolic OH excluding ortho intramolecular Hbond substituents is 1. The van der Waals surface area contributed by atoms with E-state index in [0.29, 0.717) is 41.9 Å². The molecule has 3 atom stereocenters. The Balaban J connectivity index is 0.000000258. The third-order valence-electron chi connectivity index (χ3n) is 17.2. The minimum atomic E-state index is -0.461. The number of rotatable bonds is 18. The van der Waals surface area contributed by atoms with E-state index in [9.17, 15) is 14.4 Å². The summed E-state index contributed by atoms with van der Waals surface area (Å²) in [6, 6.07) is 13.2. The van der Waals surface area contributed by atoms with Crippen LogP contribution in [-0.2, 0) is 33.3 Å². The van der Waals surface area contributed by atoms with Gasteiger partial charge < -0.3 is 28.8 Å². The van der Waals surface area contributed by atoms with Crippen molar-refractivity contribution >= 4 is 40.5 Å². The Kier molecular flexibility index (Phi) is 23.8. The number of aromatic hydroxyl groups is 1. The highest BCUT2D eigenvalue weighted by atomic mass is 127. The zero-order valence-corrected chi connectivity index (χ0v) is 49.9. The summed E-state index contributed by atoms with van der Waals surface area (Å²) < 4.78 is 30.0. The Morgan fingerprint density at radius 2 is 1.11 bits per heavy atom. The van der Waals surface area contributed by atoms with Crippen LogP contribution in [0.4, 0.5) is 0 Å². The van der Waals surface area contributed by atoms with Crippen LogP contribution in [0.5, 0.6) is 11.5 Å². The van der Waals surface area contributed by atoms with Crippen LogP contribution in [0.3, 0.4) is 0 Å². The Morgan fingerprint density at radius 1 is 0.648 bits per heavy atom. The number of esters is 3. The Bertz CT molecular complexity index is 1930. The molecule has 3 unspecified atom stereocenters. The predicted molar refractivity (Wildman–Crippen MR) is 297 cm³/mol. The lowest BCUT2D eigenvalue weighted by Gasteiger charge is -2.62. The van der Waals surface area contributed by atoms with E-state index in [4.69, 9.17) is 28.8 Å². The van der Waals surface area contributed by atoms with Crippen LogP contribution in [0, 0.1) is 55.3 Å². The highest BCUT2D eigenvalue weighted by Crippen LogP contribution is 2.62. The summed E-state index contributed by atoms with van der Waals surface area (Å²) >= 11 is 2.22. The van der Waals surface area contributed by atoms with Crippen LogP contribution in [0.15, 0.2) is 42.5 Å². The van der Waals surface area contributed by atoms with E-state index in [1.165, 1.54) is 50.5 Å². The van der Waals surface area contributed by atoms with Crippen LogP contribution < -0.4 is 4.74 Å². The van der Waals surface area contributed by atoms with Crippen molar-refractivity contribution in [2.75, 3.05) is 6.61 Å². The number of hydrogen-bond acceptors (Lipinski definition) is 9. The molecule has 0 aromatic heterocycles. The molecule has 0 spiro atoms. The second-order valence-electron chi connectivity index (χ2n) is 24.0. The lowest BCUT2D eigenvalue weighted by molar-refractivity contribution is -0.231. The van der Waals surface area contributed by atoms with Crippen molar-refractivity contribution in [1.29, 1.82) is 0 Å². The molecule has 0 radical (unpaired) electrons. The van der Waals surface area contributed by atoms with Crippen molar-refractivity contribution in [3.05, 3.63) is 57.2 Å². The highest BCUT2D eigenvalue weighted by molar-refractivity contribution is 14.1. The average molecular weight is 1100 g/mol. The first-order chi connectivity index (χ1) is 33.1. The monoisotopic (exact) mass is 1100 g/mol. The van der Waals surface area contributed by atoms with Gasteiger partial charge in [0.05, 0.1) is 19.8 Å². The van der Waals surface area contributed by atoms with E-state index in [1.807, 2.05) is 106 Å². The molecule has 404 valence electrons. The molecule has 7 rings (SSSR count). The SMILES string of the molecule is CCC(C)(C)C(=O)OC1(C(C)C)C2CC3CC(C2)CC1C3.CCC(C)(C)C(=O)OC1(C(C)C)CCCC1.CCC(C)c1ccc(O)cc1.CCOC(C)Oc1ccc(C(C)OC(=O)C(C)(C)CC)cc1I. The van der Waals surface area contributed by atoms with Gasteiger partial charge in [0.2, 0.25) is 0 Å². The number of hydrogen-bond donors (Lipinski definition) is 1. The largest absolute Gasteiger partial charge is 0.508 e. The first-order valence-electron chi connectivity index (χ1n) is 27.6. The van der Waals surface area contributed by atoms with Gasteiger partial charge in [0.25, 0.3) is 0 Å². The fourth-order valence-corrected chi connectivity index (χ4v) is 11.4. The lowest BCUT2D eigenvalue weighted by atomic mass is 9.47. The molecule has 4 bridgehead atoms. The van der Waals surface area contributed by atoms with Crippen LogP contribution in [0.2, 0.25) is 0 Å². The Hall–Kier alpha value is -2.86. The number of ether oxygens (including phenoxy) is 5. The van der Waals surface area contributed by atoms with Crippen molar-refractivity contribution in [2.24, 2.45) is 51.8 Å². The van der Waals surface area contributed by atoms with E-state index in [1.54, 1.807) is 12.1 Å². The van der Waals surface area contributed by atoms with Crippen LogP contribution in [0.1, 0.15) is 231 Å². The number of carbonyl (C=O) groups excluding carboxylic acids is 3. The number of benzene rings is 2. The highest BCUT2D eigenvalue weighted by Gasteiger charge is 2.61. The minimum Gasteiger partial charge on any atom is -0.508 e. The molecule has 5 fully saturated rings. The quantitative estimate of drug-likeness (QED) is 0.0674. The minimum absolute atomic E-state index is 0.0226. The molecule has 2 aromatic carbocycles. The molecule has 0 aliphatic heterocycles. The number of phenols is 1. The number of halogens is 1. The summed E-state index contributed by atoms with van der Waals surface area (Å²) in [5, 5.41) is 9.01. The van der Waals surface area contributed by atoms with Crippen LogP contribution in [-0.4, -0.2) is 47.1 Å². The first kappa shape index (κ1) is 62.4. The van der Waals surface area contributed by atoms with Gasteiger partial charge in [-0.1, -0.05) is 80.5 Å². The van der Waals surface area contributed by atoms with E-state index < -0.39 is 5.41 Å². The maximum Gasteiger partial charge on any atom is 0.312 e. The Morgan fingerprint density at radius 3 is 1.54 bits per heavy atom. The van der Waals surface area contributed by atoms with Crippen molar-refractivity contribution in [3.8, 4) is 11.5 Å². The molecular weight excluding hydrogens is 1000 g/mol. The second kappa shape index (κ2) is 27.1. The van der Waals surface area contributed by atoms with Crippen molar-refractivity contribution in [1.82, 2.24) is 0 Å². The summed E-state index contributed by atoms with van der Waals surface area (Å²) in [5.74, 6) is 5.46. The fourth-order valence-electron chi connectivity index (χ4n) is 10.7. The summed E-state index contributed by atoms with van der Waals surface area (Å²) in [4.78, 5) is 37.1. The molecule has 1 N–H and O–H groups in total. The van der Waals surface area contributed by atoms with Gasteiger partial charge in [0, 0.05) is 6.61 Å². The first-order valence-corrected chi connectivity index (χ1v) is 28.7. The van der Waals surface area contributed by atoms with Gasteiger partial charge in [-0.15, -0.1) is 0 Å². The molecule has 2 aromatic rings. The van der Waals surface area contributed by atoms with Gasteiger partial charge >= 0.3 is 17.9 Å². The molecule has 9 nitrogen and oxygen atoms in total. The molecular formula is C61H99IO9. The second-order valence-corrected chi connectivity index (χ2v) is 25.2. The van der Waals surface area contributed by atoms with Gasteiger partial charge in [0.15, 0.2) is 6.29 Å². The lowest BCUT2D eigenvalue weighted by Crippen LogP contribution is -2.63. The van der Waals surface area contributed by atoms with Crippen molar-refractivity contribution in [2.45, 2.75) is 238 Å². The third-order valence-corrected chi connectivity index (χ3v) is 18.0. The molecule has 71 heavy (non-hydrogen) atoms. The van der Waals surface area contributed by atoms with E-state index in [0.717, 1.165) is 65.2 Å². The molecule has 10 heteroatoms. The van der Waals surface area contributed by atoms with Crippen molar-refractivity contribution in [3.63, 3.8) is 0 Å². The average Bonchev–Trinajstić information content (AvgIpc) is 3.81. The smallest absolute Gasteiger partial charge is 0.312 e. The molecule has 5 saturated carbocycles. The Labute approximate surface area is 445 Å². The summed E-state index contributed by atoms with van der Waals surface area (Å²) in [6.45, 7) is 37.4. The van der Waals surface area contributed by atoms with Gasteiger partial charge in [-0.25, -0.2) is 0 Å². The maximum absolute atomic E-state index is 12.8. The van der Waals surface area contributed by atoms with Crippen LogP contribution >= 0.6 is 22.6 Å². The van der Waals surface area contributed by atoms with Gasteiger partial charge in [0.1, 0.15) is 28.8 Å². The normalized spacial score (nSPS) is 23.5. The predicted octanol–water partition coefficient (Wildman–Crippen LogP) is 16.7. The topological polar surface area (TPSA) is 118 Å². The molecule has 5 aliphatic carbocycles. The van der Waals surface area contributed by atoms with E-state index >= 15 is 0 Å². The van der Waals surface area contributed by atoms with E-state index in [-0.39, 0.29) is 52.3 Å².